The lowest BCUT2D eigenvalue weighted by molar-refractivity contribution is 0.0955. The van der Waals surface area contributed by atoms with Gasteiger partial charge in [-0.25, -0.2) is 0 Å². The van der Waals surface area contributed by atoms with E-state index in [0.717, 1.165) is 34.1 Å². The number of fused-ring (bicyclic) bond motifs is 1. The molecule has 0 saturated heterocycles. The molecule has 3 nitrogen and oxygen atoms in total. The van der Waals surface area contributed by atoms with Crippen molar-refractivity contribution in [3.63, 3.8) is 0 Å². The molecular formula is C15H18N2O. The summed E-state index contributed by atoms with van der Waals surface area (Å²) >= 11 is 0. The molecule has 0 unspecified atom stereocenters. The number of benzene rings is 1. The second kappa shape index (κ2) is 5.17. The van der Waals surface area contributed by atoms with Gasteiger partial charge in [-0.05, 0) is 38.5 Å². The van der Waals surface area contributed by atoms with Crippen molar-refractivity contribution in [3.8, 4) is 0 Å². The molecule has 1 heterocycles. The van der Waals surface area contributed by atoms with Crippen LogP contribution in [0.5, 0.6) is 0 Å². The van der Waals surface area contributed by atoms with E-state index in [0.29, 0.717) is 6.54 Å². The Kier molecular flexibility index (Phi) is 3.60. The Balaban J connectivity index is 2.54. The molecule has 18 heavy (non-hydrogen) atoms. The first-order chi connectivity index (χ1) is 8.61. The number of hydrogen-bond donors (Lipinski definition) is 1. The zero-order chi connectivity index (χ0) is 13.1. The summed E-state index contributed by atoms with van der Waals surface area (Å²) in [6.07, 6.45) is 0.937. The molecule has 0 aliphatic carbocycles. The van der Waals surface area contributed by atoms with Gasteiger partial charge in [-0.2, -0.15) is 0 Å². The van der Waals surface area contributed by atoms with Crippen molar-refractivity contribution in [3.05, 3.63) is 41.1 Å². The molecule has 0 aliphatic heterocycles. The minimum absolute atomic E-state index is 0.0158. The zero-order valence-electron chi connectivity index (χ0n) is 11.1. The molecule has 94 valence electrons. The van der Waals surface area contributed by atoms with E-state index in [1.54, 1.807) is 0 Å². The number of amides is 1. The highest BCUT2D eigenvalue weighted by atomic mass is 16.1. The lowest BCUT2D eigenvalue weighted by Gasteiger charge is -2.09. The largest absolute Gasteiger partial charge is 0.352 e. The third-order valence-electron chi connectivity index (χ3n) is 2.87. The Bertz CT molecular complexity index is 590. The third kappa shape index (κ3) is 2.50. The Morgan fingerprint density at radius 1 is 1.28 bits per heavy atom. The number of rotatable bonds is 3. The van der Waals surface area contributed by atoms with E-state index >= 15 is 0 Å². The number of nitrogens with one attached hydrogen (secondary N) is 1. The average Bonchev–Trinajstić information content (AvgIpc) is 2.35. The van der Waals surface area contributed by atoms with Crippen LogP contribution in [0.2, 0.25) is 0 Å². The molecule has 0 spiro atoms. The molecule has 0 bridgehead atoms. The van der Waals surface area contributed by atoms with Crippen molar-refractivity contribution < 1.29 is 4.79 Å². The molecule has 1 amide bonds. The summed E-state index contributed by atoms with van der Waals surface area (Å²) in [4.78, 5) is 16.6. The lowest BCUT2D eigenvalue weighted by Crippen LogP contribution is -2.24. The minimum Gasteiger partial charge on any atom is -0.352 e. The molecule has 1 N–H and O–H groups in total. The van der Waals surface area contributed by atoms with Crippen LogP contribution in [-0.2, 0) is 0 Å². The molecule has 0 atom stereocenters. The summed E-state index contributed by atoms with van der Waals surface area (Å²) in [5.41, 5.74) is 3.60. The maximum Gasteiger partial charge on any atom is 0.252 e. The Morgan fingerprint density at radius 3 is 2.78 bits per heavy atom. The third-order valence-corrected chi connectivity index (χ3v) is 2.87. The van der Waals surface area contributed by atoms with Crippen LogP contribution < -0.4 is 5.32 Å². The lowest BCUT2D eigenvalue weighted by atomic mass is 10.0. The summed E-state index contributed by atoms with van der Waals surface area (Å²) in [6.45, 7) is 6.68. The number of carbonyl (C=O) groups excluding carboxylic acids is 1. The SMILES string of the molecule is CCCNC(=O)c1cc(C)nc2ccc(C)cc12. The Hall–Kier alpha value is -1.90. The van der Waals surface area contributed by atoms with Crippen molar-refractivity contribution in [2.45, 2.75) is 27.2 Å². The predicted molar refractivity (Wildman–Crippen MR) is 73.8 cm³/mol. The van der Waals surface area contributed by atoms with E-state index in [4.69, 9.17) is 0 Å². The highest BCUT2D eigenvalue weighted by molar-refractivity contribution is 6.06. The highest BCUT2D eigenvalue weighted by Crippen LogP contribution is 2.19. The summed E-state index contributed by atoms with van der Waals surface area (Å²) in [5.74, 6) is -0.0158. The van der Waals surface area contributed by atoms with Crippen LogP contribution in [0.3, 0.4) is 0 Å². The van der Waals surface area contributed by atoms with Gasteiger partial charge in [0.15, 0.2) is 0 Å². The summed E-state index contributed by atoms with van der Waals surface area (Å²) in [6, 6.07) is 7.85. The van der Waals surface area contributed by atoms with E-state index in [-0.39, 0.29) is 5.91 Å². The molecule has 0 aliphatic rings. The van der Waals surface area contributed by atoms with Crippen molar-refractivity contribution >= 4 is 16.8 Å². The zero-order valence-corrected chi connectivity index (χ0v) is 11.1. The van der Waals surface area contributed by atoms with E-state index in [1.807, 2.05) is 45.0 Å². The van der Waals surface area contributed by atoms with Crippen LogP contribution in [0, 0.1) is 13.8 Å². The van der Waals surface area contributed by atoms with Crippen LogP contribution in [0.15, 0.2) is 24.3 Å². The number of pyridine rings is 1. The number of hydrogen-bond acceptors (Lipinski definition) is 2. The molecule has 0 radical (unpaired) electrons. The van der Waals surface area contributed by atoms with Gasteiger partial charge in [-0.3, -0.25) is 9.78 Å². The monoisotopic (exact) mass is 242 g/mol. The van der Waals surface area contributed by atoms with Crippen LogP contribution in [0.1, 0.15) is 35.0 Å². The van der Waals surface area contributed by atoms with E-state index < -0.39 is 0 Å². The first kappa shape index (κ1) is 12.6. The standard InChI is InChI=1S/C15H18N2O/c1-4-7-16-15(18)13-9-11(3)17-14-6-5-10(2)8-12(13)14/h5-6,8-9H,4,7H2,1-3H3,(H,16,18). The second-order valence-corrected chi connectivity index (χ2v) is 4.59. The molecule has 1 aromatic heterocycles. The van der Waals surface area contributed by atoms with Gasteiger partial charge in [0.25, 0.3) is 5.91 Å². The maximum absolute atomic E-state index is 12.1. The highest BCUT2D eigenvalue weighted by Gasteiger charge is 2.11. The Labute approximate surface area is 107 Å². The van der Waals surface area contributed by atoms with Crippen LogP contribution >= 0.6 is 0 Å². The summed E-state index contributed by atoms with van der Waals surface area (Å²) < 4.78 is 0. The number of aryl methyl sites for hydroxylation is 2. The first-order valence-electron chi connectivity index (χ1n) is 6.28. The van der Waals surface area contributed by atoms with E-state index in [2.05, 4.69) is 10.3 Å². The predicted octanol–water partition coefficient (Wildman–Crippen LogP) is 2.99. The summed E-state index contributed by atoms with van der Waals surface area (Å²) in [7, 11) is 0. The van der Waals surface area contributed by atoms with Gasteiger partial charge in [-0.15, -0.1) is 0 Å². The smallest absolute Gasteiger partial charge is 0.252 e. The molecule has 1 aromatic carbocycles. The fraction of sp³-hybridized carbons (Fsp3) is 0.333. The number of carbonyl (C=O) groups is 1. The molecule has 3 heteroatoms. The van der Waals surface area contributed by atoms with Gasteiger partial charge < -0.3 is 5.32 Å². The van der Waals surface area contributed by atoms with E-state index in [1.165, 1.54) is 0 Å². The van der Waals surface area contributed by atoms with Gasteiger partial charge in [0.05, 0.1) is 11.1 Å². The van der Waals surface area contributed by atoms with Crippen LogP contribution in [-0.4, -0.2) is 17.4 Å². The molecule has 0 saturated carbocycles. The number of aromatic nitrogens is 1. The quantitative estimate of drug-likeness (QED) is 0.899. The van der Waals surface area contributed by atoms with Crippen molar-refractivity contribution in [1.82, 2.24) is 10.3 Å². The number of nitrogens with zero attached hydrogens (tertiary/aromatic N) is 1. The van der Waals surface area contributed by atoms with E-state index in [9.17, 15) is 4.79 Å². The van der Waals surface area contributed by atoms with Gasteiger partial charge in [-0.1, -0.05) is 18.6 Å². The normalized spacial score (nSPS) is 10.6. The average molecular weight is 242 g/mol. The van der Waals surface area contributed by atoms with Crippen molar-refractivity contribution in [2.75, 3.05) is 6.54 Å². The van der Waals surface area contributed by atoms with Gasteiger partial charge >= 0.3 is 0 Å². The van der Waals surface area contributed by atoms with Crippen molar-refractivity contribution in [2.24, 2.45) is 0 Å². The molecule has 2 rings (SSSR count). The van der Waals surface area contributed by atoms with Gasteiger partial charge in [0, 0.05) is 17.6 Å². The fourth-order valence-corrected chi connectivity index (χ4v) is 1.99. The maximum atomic E-state index is 12.1. The topological polar surface area (TPSA) is 42.0 Å². The molecular weight excluding hydrogens is 224 g/mol. The fourth-order valence-electron chi connectivity index (χ4n) is 1.99. The van der Waals surface area contributed by atoms with Crippen LogP contribution in [0.25, 0.3) is 10.9 Å². The second-order valence-electron chi connectivity index (χ2n) is 4.59. The minimum atomic E-state index is -0.0158. The van der Waals surface area contributed by atoms with Gasteiger partial charge in [0.1, 0.15) is 0 Å². The Morgan fingerprint density at radius 2 is 2.06 bits per heavy atom. The summed E-state index contributed by atoms with van der Waals surface area (Å²) in [5, 5.41) is 3.85. The molecule has 0 fully saturated rings. The first-order valence-corrected chi connectivity index (χ1v) is 6.28. The molecule has 2 aromatic rings. The van der Waals surface area contributed by atoms with Crippen LogP contribution in [0.4, 0.5) is 0 Å². The van der Waals surface area contributed by atoms with Crippen molar-refractivity contribution in [1.29, 1.82) is 0 Å². The van der Waals surface area contributed by atoms with Gasteiger partial charge in [0.2, 0.25) is 0 Å².